The van der Waals surface area contributed by atoms with Crippen molar-refractivity contribution in [2.75, 3.05) is 17.7 Å². The van der Waals surface area contributed by atoms with Crippen LogP contribution in [0.25, 0.3) is 0 Å². The van der Waals surface area contributed by atoms with Crippen LogP contribution in [0.4, 0.5) is 11.4 Å². The van der Waals surface area contributed by atoms with E-state index in [4.69, 9.17) is 17.3 Å². The quantitative estimate of drug-likeness (QED) is 0.852. The number of carbonyl (C=O) groups excluding carboxylic acids is 1. The van der Waals surface area contributed by atoms with Crippen LogP contribution in [0.3, 0.4) is 0 Å². The van der Waals surface area contributed by atoms with Gasteiger partial charge in [0.05, 0.1) is 5.56 Å². The van der Waals surface area contributed by atoms with Gasteiger partial charge in [0.25, 0.3) is 5.91 Å². The lowest BCUT2D eigenvalue weighted by molar-refractivity contribution is 0.0994. The van der Waals surface area contributed by atoms with Crippen LogP contribution < -0.4 is 10.6 Å². The fourth-order valence-electron chi connectivity index (χ4n) is 1.79. The van der Waals surface area contributed by atoms with E-state index >= 15 is 0 Å². The standard InChI is InChI=1S/C15H15ClN2O/c1-10-3-6-12(7-4-10)18(2)15(19)13-8-5-11(16)9-14(13)17/h3-9H,17H2,1-2H3. The van der Waals surface area contributed by atoms with Crippen molar-refractivity contribution in [2.45, 2.75) is 6.92 Å². The van der Waals surface area contributed by atoms with Crippen molar-refractivity contribution in [1.82, 2.24) is 0 Å². The minimum absolute atomic E-state index is 0.155. The van der Waals surface area contributed by atoms with Crippen LogP contribution in [0.5, 0.6) is 0 Å². The summed E-state index contributed by atoms with van der Waals surface area (Å²) in [4.78, 5) is 13.9. The van der Waals surface area contributed by atoms with Crippen LogP contribution in [-0.2, 0) is 0 Å². The van der Waals surface area contributed by atoms with Crippen molar-refractivity contribution in [2.24, 2.45) is 0 Å². The zero-order valence-corrected chi connectivity index (χ0v) is 11.6. The second-order valence-corrected chi connectivity index (χ2v) is 4.87. The van der Waals surface area contributed by atoms with E-state index < -0.39 is 0 Å². The molecule has 0 bridgehead atoms. The zero-order valence-electron chi connectivity index (χ0n) is 10.9. The molecule has 19 heavy (non-hydrogen) atoms. The van der Waals surface area contributed by atoms with Crippen molar-refractivity contribution in [1.29, 1.82) is 0 Å². The summed E-state index contributed by atoms with van der Waals surface area (Å²) in [6.45, 7) is 2.00. The van der Waals surface area contributed by atoms with Crippen molar-refractivity contribution in [3.63, 3.8) is 0 Å². The number of rotatable bonds is 2. The molecule has 3 nitrogen and oxygen atoms in total. The molecule has 0 radical (unpaired) electrons. The maximum Gasteiger partial charge on any atom is 0.260 e. The Morgan fingerprint density at radius 3 is 2.37 bits per heavy atom. The average Bonchev–Trinajstić information content (AvgIpc) is 2.38. The number of amides is 1. The van der Waals surface area contributed by atoms with Gasteiger partial charge in [-0.05, 0) is 37.3 Å². The van der Waals surface area contributed by atoms with E-state index in [0.29, 0.717) is 16.3 Å². The van der Waals surface area contributed by atoms with Crippen molar-refractivity contribution in [3.8, 4) is 0 Å². The summed E-state index contributed by atoms with van der Waals surface area (Å²) in [6.07, 6.45) is 0. The highest BCUT2D eigenvalue weighted by molar-refractivity contribution is 6.31. The highest BCUT2D eigenvalue weighted by Gasteiger charge is 2.16. The minimum Gasteiger partial charge on any atom is -0.398 e. The first-order chi connectivity index (χ1) is 8.99. The first kappa shape index (κ1) is 13.4. The molecule has 0 aliphatic heterocycles. The van der Waals surface area contributed by atoms with Gasteiger partial charge in [-0.2, -0.15) is 0 Å². The molecular weight excluding hydrogens is 260 g/mol. The monoisotopic (exact) mass is 274 g/mol. The summed E-state index contributed by atoms with van der Waals surface area (Å²) in [5.41, 5.74) is 8.64. The molecule has 0 aliphatic rings. The predicted octanol–water partition coefficient (Wildman–Crippen LogP) is 3.51. The molecule has 0 unspecified atom stereocenters. The summed E-state index contributed by atoms with van der Waals surface area (Å²) < 4.78 is 0. The van der Waals surface area contributed by atoms with Crippen LogP contribution in [-0.4, -0.2) is 13.0 Å². The lowest BCUT2D eigenvalue weighted by atomic mass is 10.1. The van der Waals surface area contributed by atoms with Gasteiger partial charge in [-0.3, -0.25) is 4.79 Å². The van der Waals surface area contributed by atoms with Crippen LogP contribution in [0.15, 0.2) is 42.5 Å². The van der Waals surface area contributed by atoms with Crippen LogP contribution in [0.2, 0.25) is 5.02 Å². The Morgan fingerprint density at radius 1 is 1.16 bits per heavy atom. The van der Waals surface area contributed by atoms with Gasteiger partial charge in [-0.25, -0.2) is 0 Å². The number of aryl methyl sites for hydroxylation is 1. The number of benzene rings is 2. The van der Waals surface area contributed by atoms with Gasteiger partial charge in [0, 0.05) is 23.4 Å². The summed E-state index contributed by atoms with van der Waals surface area (Å²) in [5, 5.41) is 0.520. The third kappa shape index (κ3) is 2.88. The van der Waals surface area contributed by atoms with Crippen LogP contribution >= 0.6 is 11.6 Å². The number of anilines is 2. The van der Waals surface area contributed by atoms with E-state index in [-0.39, 0.29) is 5.91 Å². The number of nitrogen functional groups attached to an aromatic ring is 1. The molecule has 0 aromatic heterocycles. The summed E-state index contributed by atoms with van der Waals surface area (Å²) in [6, 6.07) is 12.6. The molecule has 2 aromatic carbocycles. The lowest BCUT2D eigenvalue weighted by Gasteiger charge is -2.18. The topological polar surface area (TPSA) is 46.3 Å². The summed E-state index contributed by atoms with van der Waals surface area (Å²) in [7, 11) is 1.72. The number of hydrogen-bond acceptors (Lipinski definition) is 2. The maximum absolute atomic E-state index is 12.4. The molecule has 2 aromatic rings. The largest absolute Gasteiger partial charge is 0.398 e. The van der Waals surface area contributed by atoms with Gasteiger partial charge >= 0.3 is 0 Å². The number of carbonyl (C=O) groups is 1. The molecule has 98 valence electrons. The molecule has 4 heteroatoms. The Labute approximate surface area is 117 Å². The third-order valence-corrected chi connectivity index (χ3v) is 3.21. The van der Waals surface area contributed by atoms with Crippen molar-refractivity contribution in [3.05, 3.63) is 58.6 Å². The number of halogens is 1. The Morgan fingerprint density at radius 2 is 1.79 bits per heavy atom. The van der Waals surface area contributed by atoms with Gasteiger partial charge in [-0.1, -0.05) is 29.3 Å². The number of nitrogens with two attached hydrogens (primary N) is 1. The van der Waals surface area contributed by atoms with E-state index in [2.05, 4.69) is 0 Å². The first-order valence-corrected chi connectivity index (χ1v) is 6.26. The van der Waals surface area contributed by atoms with Crippen molar-refractivity contribution >= 4 is 28.9 Å². The highest BCUT2D eigenvalue weighted by Crippen LogP contribution is 2.22. The molecular formula is C15H15ClN2O. The van der Waals surface area contributed by atoms with E-state index in [1.54, 1.807) is 30.1 Å². The third-order valence-electron chi connectivity index (χ3n) is 2.97. The Hall–Kier alpha value is -2.00. The predicted molar refractivity (Wildman–Crippen MR) is 79.8 cm³/mol. The summed E-state index contributed by atoms with van der Waals surface area (Å²) in [5.74, 6) is -0.155. The maximum atomic E-state index is 12.4. The van der Waals surface area contributed by atoms with E-state index in [1.807, 2.05) is 31.2 Å². The smallest absolute Gasteiger partial charge is 0.260 e. The van der Waals surface area contributed by atoms with E-state index in [1.165, 1.54) is 0 Å². The van der Waals surface area contributed by atoms with E-state index in [9.17, 15) is 4.79 Å². The Bertz CT molecular complexity index is 608. The molecule has 2 rings (SSSR count). The minimum atomic E-state index is -0.155. The van der Waals surface area contributed by atoms with Crippen LogP contribution in [0, 0.1) is 6.92 Å². The number of hydrogen-bond donors (Lipinski definition) is 1. The number of nitrogens with zero attached hydrogens (tertiary/aromatic N) is 1. The molecule has 0 aliphatic carbocycles. The van der Waals surface area contributed by atoms with Crippen molar-refractivity contribution < 1.29 is 4.79 Å². The summed E-state index contributed by atoms with van der Waals surface area (Å²) >= 11 is 5.83. The normalized spacial score (nSPS) is 10.3. The van der Waals surface area contributed by atoms with Gasteiger partial charge in [0.1, 0.15) is 0 Å². The SMILES string of the molecule is Cc1ccc(N(C)C(=O)c2ccc(Cl)cc2N)cc1. The fourth-order valence-corrected chi connectivity index (χ4v) is 1.98. The first-order valence-electron chi connectivity index (χ1n) is 5.89. The molecule has 2 N–H and O–H groups in total. The Kier molecular flexibility index (Phi) is 3.76. The molecule has 1 amide bonds. The van der Waals surface area contributed by atoms with Crippen LogP contribution in [0.1, 0.15) is 15.9 Å². The molecule has 0 spiro atoms. The van der Waals surface area contributed by atoms with Gasteiger partial charge in [0.2, 0.25) is 0 Å². The molecule has 0 atom stereocenters. The molecule has 0 fully saturated rings. The molecule has 0 saturated heterocycles. The highest BCUT2D eigenvalue weighted by atomic mass is 35.5. The Balaban J connectivity index is 2.30. The molecule has 0 saturated carbocycles. The van der Waals surface area contributed by atoms with E-state index in [0.717, 1.165) is 11.3 Å². The fraction of sp³-hybridized carbons (Fsp3) is 0.133. The lowest BCUT2D eigenvalue weighted by Crippen LogP contribution is -2.26. The average molecular weight is 275 g/mol. The molecule has 0 heterocycles. The van der Waals surface area contributed by atoms with Gasteiger partial charge < -0.3 is 10.6 Å². The second-order valence-electron chi connectivity index (χ2n) is 4.43. The van der Waals surface area contributed by atoms with Gasteiger partial charge in [0.15, 0.2) is 0 Å². The van der Waals surface area contributed by atoms with Gasteiger partial charge in [-0.15, -0.1) is 0 Å². The second kappa shape index (κ2) is 5.33. The zero-order chi connectivity index (χ0) is 14.0.